The number of nitrogens with zero attached hydrogens (tertiary/aromatic N) is 1. The predicted octanol–water partition coefficient (Wildman–Crippen LogP) is 0.272. The Bertz CT molecular complexity index is 308. The van der Waals surface area contributed by atoms with E-state index in [9.17, 15) is 5.11 Å². The van der Waals surface area contributed by atoms with Crippen LogP contribution in [0, 0.1) is 0 Å². The van der Waals surface area contributed by atoms with Crippen LogP contribution < -0.4 is 5.73 Å². The quantitative estimate of drug-likeness (QED) is 0.651. The summed E-state index contributed by atoms with van der Waals surface area (Å²) in [6.45, 7) is 0.885. The summed E-state index contributed by atoms with van der Waals surface area (Å²) in [6.07, 6.45) is 2.18. The lowest BCUT2D eigenvalue weighted by molar-refractivity contribution is 0.0195. The van der Waals surface area contributed by atoms with Crippen LogP contribution in [0.3, 0.4) is 0 Å². The number of ether oxygens (including phenoxy) is 1. The summed E-state index contributed by atoms with van der Waals surface area (Å²) in [4.78, 5) is 4.08. The van der Waals surface area contributed by atoms with Crippen LogP contribution in [-0.2, 0) is 10.3 Å². The van der Waals surface area contributed by atoms with E-state index in [1.54, 1.807) is 18.3 Å². The van der Waals surface area contributed by atoms with Gasteiger partial charge in [-0.05, 0) is 12.1 Å². The molecule has 1 saturated heterocycles. The molecule has 4 nitrogen and oxygen atoms in total. The molecule has 3 N–H and O–H groups in total. The molecule has 1 fully saturated rings. The second-order valence-electron chi connectivity index (χ2n) is 3.31. The van der Waals surface area contributed by atoms with Crippen LogP contribution in [0.15, 0.2) is 18.3 Å². The number of nitrogen functional groups attached to an aromatic ring is 1. The number of pyridine rings is 1. The maximum absolute atomic E-state index is 10.0. The second kappa shape index (κ2) is 2.97. The SMILES string of the molecule is Nc1ccnc(C2(O)CCOC2)c1. The summed E-state index contributed by atoms with van der Waals surface area (Å²) in [6, 6.07) is 3.39. The van der Waals surface area contributed by atoms with Crippen LogP contribution in [-0.4, -0.2) is 23.3 Å². The Hall–Kier alpha value is -1.13. The smallest absolute Gasteiger partial charge is 0.132 e. The highest BCUT2D eigenvalue weighted by molar-refractivity contribution is 5.39. The van der Waals surface area contributed by atoms with Crippen molar-refractivity contribution in [3.8, 4) is 0 Å². The van der Waals surface area contributed by atoms with E-state index >= 15 is 0 Å². The topological polar surface area (TPSA) is 68.4 Å². The monoisotopic (exact) mass is 180 g/mol. The van der Waals surface area contributed by atoms with Gasteiger partial charge in [0.1, 0.15) is 5.60 Å². The van der Waals surface area contributed by atoms with Gasteiger partial charge in [0.25, 0.3) is 0 Å². The van der Waals surface area contributed by atoms with Crippen LogP contribution in [0.25, 0.3) is 0 Å². The van der Waals surface area contributed by atoms with Crippen LogP contribution in [0.5, 0.6) is 0 Å². The van der Waals surface area contributed by atoms with Gasteiger partial charge in [0, 0.05) is 24.9 Å². The van der Waals surface area contributed by atoms with Crippen LogP contribution in [0.2, 0.25) is 0 Å². The van der Waals surface area contributed by atoms with E-state index in [0.717, 1.165) is 0 Å². The third-order valence-electron chi connectivity index (χ3n) is 2.26. The molecule has 13 heavy (non-hydrogen) atoms. The molecule has 0 bridgehead atoms. The van der Waals surface area contributed by atoms with Crippen molar-refractivity contribution < 1.29 is 9.84 Å². The molecule has 1 unspecified atom stereocenters. The van der Waals surface area contributed by atoms with E-state index in [2.05, 4.69) is 4.98 Å². The molecule has 0 saturated carbocycles. The van der Waals surface area contributed by atoms with Gasteiger partial charge < -0.3 is 15.6 Å². The molecule has 0 aliphatic carbocycles. The molecule has 1 aliphatic heterocycles. The Morgan fingerprint density at radius 1 is 1.62 bits per heavy atom. The first kappa shape index (κ1) is 8.47. The zero-order chi connectivity index (χ0) is 9.31. The summed E-state index contributed by atoms with van der Waals surface area (Å²) < 4.78 is 5.12. The van der Waals surface area contributed by atoms with Gasteiger partial charge in [0.2, 0.25) is 0 Å². The van der Waals surface area contributed by atoms with Crippen molar-refractivity contribution in [3.05, 3.63) is 24.0 Å². The summed E-state index contributed by atoms with van der Waals surface area (Å²) in [7, 11) is 0. The second-order valence-corrected chi connectivity index (χ2v) is 3.31. The molecular formula is C9H12N2O2. The zero-order valence-corrected chi connectivity index (χ0v) is 7.23. The van der Waals surface area contributed by atoms with Gasteiger partial charge in [-0.15, -0.1) is 0 Å². The highest BCUT2D eigenvalue weighted by Gasteiger charge is 2.35. The number of rotatable bonds is 1. The first-order chi connectivity index (χ1) is 6.21. The summed E-state index contributed by atoms with van der Waals surface area (Å²) in [5.41, 5.74) is 5.88. The van der Waals surface area contributed by atoms with E-state index in [1.807, 2.05) is 0 Å². The number of nitrogens with two attached hydrogens (primary N) is 1. The summed E-state index contributed by atoms with van der Waals surface area (Å²) in [5.74, 6) is 0. The van der Waals surface area contributed by atoms with Crippen LogP contribution in [0.4, 0.5) is 5.69 Å². The standard InChI is InChI=1S/C9H12N2O2/c10-7-1-3-11-8(5-7)9(12)2-4-13-6-9/h1,3,5,12H,2,4,6H2,(H2,10,11). The van der Waals surface area contributed by atoms with Crippen molar-refractivity contribution >= 4 is 5.69 Å². The lowest BCUT2D eigenvalue weighted by Crippen LogP contribution is -2.26. The molecule has 2 rings (SSSR count). The fourth-order valence-electron chi connectivity index (χ4n) is 1.46. The Kier molecular flexibility index (Phi) is 1.94. The Labute approximate surface area is 76.4 Å². The molecule has 0 aromatic carbocycles. The maximum Gasteiger partial charge on any atom is 0.132 e. The van der Waals surface area contributed by atoms with Crippen molar-refractivity contribution in [2.45, 2.75) is 12.0 Å². The molecule has 0 radical (unpaired) electrons. The van der Waals surface area contributed by atoms with E-state index in [1.165, 1.54) is 0 Å². The van der Waals surface area contributed by atoms with Gasteiger partial charge in [0.05, 0.1) is 12.3 Å². The van der Waals surface area contributed by atoms with Gasteiger partial charge in [-0.2, -0.15) is 0 Å². The van der Waals surface area contributed by atoms with Gasteiger partial charge >= 0.3 is 0 Å². The normalized spacial score (nSPS) is 27.8. The molecule has 1 aliphatic rings. The molecule has 1 aromatic rings. The minimum absolute atomic E-state index is 0.309. The number of hydrogen-bond acceptors (Lipinski definition) is 4. The summed E-state index contributed by atoms with van der Waals surface area (Å²) in [5, 5.41) is 10.0. The first-order valence-electron chi connectivity index (χ1n) is 4.23. The Balaban J connectivity index is 2.33. The highest BCUT2D eigenvalue weighted by atomic mass is 16.5. The number of hydrogen-bond donors (Lipinski definition) is 2. The molecule has 70 valence electrons. The maximum atomic E-state index is 10.0. The van der Waals surface area contributed by atoms with E-state index < -0.39 is 5.60 Å². The number of aromatic nitrogens is 1. The van der Waals surface area contributed by atoms with Gasteiger partial charge in [0.15, 0.2) is 0 Å². The lowest BCUT2D eigenvalue weighted by Gasteiger charge is -2.19. The molecule has 0 amide bonds. The fourth-order valence-corrected chi connectivity index (χ4v) is 1.46. The predicted molar refractivity (Wildman–Crippen MR) is 48.0 cm³/mol. The van der Waals surface area contributed by atoms with E-state index in [-0.39, 0.29) is 0 Å². The highest BCUT2D eigenvalue weighted by Crippen LogP contribution is 2.29. The van der Waals surface area contributed by atoms with E-state index in [0.29, 0.717) is 31.0 Å². The molecule has 2 heterocycles. The van der Waals surface area contributed by atoms with Gasteiger partial charge in [-0.25, -0.2) is 0 Å². The average Bonchev–Trinajstić information content (AvgIpc) is 2.54. The van der Waals surface area contributed by atoms with Crippen molar-refractivity contribution in [1.82, 2.24) is 4.98 Å². The lowest BCUT2D eigenvalue weighted by atomic mass is 9.98. The molecule has 0 spiro atoms. The molecule has 1 aromatic heterocycles. The largest absolute Gasteiger partial charge is 0.399 e. The Morgan fingerprint density at radius 3 is 3.08 bits per heavy atom. The van der Waals surface area contributed by atoms with Gasteiger partial charge in [-0.3, -0.25) is 4.98 Å². The minimum Gasteiger partial charge on any atom is -0.399 e. The van der Waals surface area contributed by atoms with Crippen molar-refractivity contribution in [2.75, 3.05) is 18.9 Å². The first-order valence-corrected chi connectivity index (χ1v) is 4.23. The summed E-state index contributed by atoms with van der Waals surface area (Å²) >= 11 is 0. The molecular weight excluding hydrogens is 168 g/mol. The van der Waals surface area contributed by atoms with Crippen molar-refractivity contribution in [1.29, 1.82) is 0 Å². The minimum atomic E-state index is -0.935. The average molecular weight is 180 g/mol. The number of anilines is 1. The zero-order valence-electron chi connectivity index (χ0n) is 7.23. The van der Waals surface area contributed by atoms with Crippen LogP contribution >= 0.6 is 0 Å². The third kappa shape index (κ3) is 1.50. The van der Waals surface area contributed by atoms with Crippen molar-refractivity contribution in [2.24, 2.45) is 0 Å². The molecule has 1 atom stereocenters. The number of aliphatic hydroxyl groups is 1. The van der Waals surface area contributed by atoms with Crippen molar-refractivity contribution in [3.63, 3.8) is 0 Å². The molecule has 4 heteroatoms. The third-order valence-corrected chi connectivity index (χ3v) is 2.26. The Morgan fingerprint density at radius 2 is 2.46 bits per heavy atom. The van der Waals surface area contributed by atoms with Crippen LogP contribution in [0.1, 0.15) is 12.1 Å². The van der Waals surface area contributed by atoms with E-state index in [4.69, 9.17) is 10.5 Å². The van der Waals surface area contributed by atoms with Gasteiger partial charge in [-0.1, -0.05) is 0 Å². The fraction of sp³-hybridized carbons (Fsp3) is 0.444.